The number of nitrogens with two attached hydrogens (primary N) is 1. The lowest BCUT2D eigenvalue weighted by atomic mass is 9.97. The molecule has 0 aliphatic carbocycles. The number of nitrogens with one attached hydrogen (secondary N) is 1. The predicted molar refractivity (Wildman–Crippen MR) is 75.1 cm³/mol. The summed E-state index contributed by atoms with van der Waals surface area (Å²) in [5.41, 5.74) is 6.33. The molecule has 0 fully saturated rings. The van der Waals surface area contributed by atoms with E-state index in [-0.39, 0.29) is 11.7 Å². The van der Waals surface area contributed by atoms with Crippen LogP contribution >= 0.6 is 0 Å². The Kier molecular flexibility index (Phi) is 6.43. The summed E-state index contributed by atoms with van der Waals surface area (Å²) in [6.07, 6.45) is 3.10. The second-order valence-corrected chi connectivity index (χ2v) is 4.37. The first-order chi connectivity index (χ1) is 9.20. The fourth-order valence-corrected chi connectivity index (χ4v) is 1.85. The molecule has 0 bridgehead atoms. The molecule has 1 atom stereocenters. The maximum Gasteiger partial charge on any atom is 0.235 e. The Morgan fingerprint density at radius 1 is 1.37 bits per heavy atom. The molecule has 0 aromatic heterocycles. The second-order valence-electron chi connectivity index (χ2n) is 4.37. The van der Waals surface area contributed by atoms with Crippen LogP contribution in [0.2, 0.25) is 0 Å². The third-order valence-electron chi connectivity index (χ3n) is 2.89. The molecule has 5 nitrogen and oxygen atoms in total. The van der Waals surface area contributed by atoms with Gasteiger partial charge in [0.2, 0.25) is 5.91 Å². The van der Waals surface area contributed by atoms with Crippen LogP contribution in [-0.4, -0.2) is 23.5 Å². The third kappa shape index (κ3) is 4.62. The standard InChI is InChI=1S/C14H21N3O2/c1-2-3-7-10-16-14(18)12(13(15)17-19)11-8-5-4-6-9-11/h4-6,8-9,12,19H,2-3,7,10H2,1H3,(H2,15,17)(H,16,18). The average Bonchev–Trinajstić information content (AvgIpc) is 2.45. The van der Waals surface area contributed by atoms with E-state index in [1.165, 1.54) is 0 Å². The normalized spacial score (nSPS) is 13.0. The summed E-state index contributed by atoms with van der Waals surface area (Å²) in [6.45, 7) is 2.71. The molecule has 4 N–H and O–H groups in total. The number of amidine groups is 1. The van der Waals surface area contributed by atoms with Crippen molar-refractivity contribution >= 4 is 11.7 Å². The molecule has 19 heavy (non-hydrogen) atoms. The number of rotatable bonds is 7. The molecule has 0 saturated heterocycles. The first-order valence-corrected chi connectivity index (χ1v) is 6.50. The van der Waals surface area contributed by atoms with Crippen LogP contribution in [0.3, 0.4) is 0 Å². The smallest absolute Gasteiger partial charge is 0.235 e. The van der Waals surface area contributed by atoms with Crippen molar-refractivity contribution in [1.29, 1.82) is 0 Å². The quantitative estimate of drug-likeness (QED) is 0.230. The van der Waals surface area contributed by atoms with Gasteiger partial charge in [-0.15, -0.1) is 0 Å². The summed E-state index contributed by atoms with van der Waals surface area (Å²) in [4.78, 5) is 12.1. The number of carbonyl (C=O) groups excluding carboxylic acids is 1. The highest BCUT2D eigenvalue weighted by Crippen LogP contribution is 2.16. The van der Waals surface area contributed by atoms with Gasteiger partial charge < -0.3 is 16.3 Å². The lowest BCUT2D eigenvalue weighted by molar-refractivity contribution is -0.121. The third-order valence-corrected chi connectivity index (χ3v) is 2.89. The van der Waals surface area contributed by atoms with Crippen molar-refractivity contribution in [2.24, 2.45) is 10.9 Å². The summed E-state index contributed by atoms with van der Waals surface area (Å²) in [5, 5.41) is 14.6. The van der Waals surface area contributed by atoms with E-state index in [4.69, 9.17) is 10.9 Å². The molecular weight excluding hydrogens is 242 g/mol. The minimum absolute atomic E-state index is 0.0980. The maximum atomic E-state index is 12.1. The lowest BCUT2D eigenvalue weighted by Gasteiger charge is -2.15. The SMILES string of the molecule is CCCCCNC(=O)C(C(N)=NO)c1ccccc1. The predicted octanol–water partition coefficient (Wildman–Crippen LogP) is 1.82. The molecule has 0 spiro atoms. The van der Waals surface area contributed by atoms with Gasteiger partial charge in [0.05, 0.1) is 0 Å². The van der Waals surface area contributed by atoms with Crippen LogP contribution in [0.15, 0.2) is 35.5 Å². The molecule has 1 unspecified atom stereocenters. The van der Waals surface area contributed by atoms with Gasteiger partial charge in [-0.25, -0.2) is 0 Å². The van der Waals surface area contributed by atoms with Crippen molar-refractivity contribution in [1.82, 2.24) is 5.32 Å². The summed E-state index contributed by atoms with van der Waals surface area (Å²) >= 11 is 0. The summed E-state index contributed by atoms with van der Waals surface area (Å²) in [6, 6.07) is 9.06. The number of carbonyl (C=O) groups is 1. The van der Waals surface area contributed by atoms with Gasteiger partial charge in [0.15, 0.2) is 5.84 Å². The van der Waals surface area contributed by atoms with E-state index < -0.39 is 5.92 Å². The Morgan fingerprint density at radius 3 is 2.63 bits per heavy atom. The molecule has 1 amide bonds. The minimum atomic E-state index is -0.743. The Morgan fingerprint density at radius 2 is 2.05 bits per heavy atom. The molecule has 0 aliphatic rings. The van der Waals surface area contributed by atoms with Gasteiger partial charge in [0.25, 0.3) is 0 Å². The van der Waals surface area contributed by atoms with Gasteiger partial charge in [-0.2, -0.15) is 0 Å². The van der Waals surface area contributed by atoms with Crippen molar-refractivity contribution in [3.63, 3.8) is 0 Å². The molecule has 0 heterocycles. The zero-order valence-electron chi connectivity index (χ0n) is 11.2. The Hall–Kier alpha value is -2.04. The highest BCUT2D eigenvalue weighted by atomic mass is 16.4. The zero-order valence-corrected chi connectivity index (χ0v) is 11.2. The highest BCUT2D eigenvalue weighted by Gasteiger charge is 2.24. The molecule has 1 aromatic carbocycles. The van der Waals surface area contributed by atoms with Crippen LogP contribution in [-0.2, 0) is 4.79 Å². The van der Waals surface area contributed by atoms with Gasteiger partial charge in [0.1, 0.15) is 5.92 Å². The monoisotopic (exact) mass is 263 g/mol. The van der Waals surface area contributed by atoms with Gasteiger partial charge in [0, 0.05) is 6.54 Å². The van der Waals surface area contributed by atoms with Gasteiger partial charge in [-0.05, 0) is 12.0 Å². The molecule has 1 aromatic rings. The van der Waals surface area contributed by atoms with Gasteiger partial charge in [-0.3, -0.25) is 4.79 Å². The van der Waals surface area contributed by atoms with Crippen LogP contribution in [0.25, 0.3) is 0 Å². The van der Waals surface area contributed by atoms with Crippen LogP contribution < -0.4 is 11.1 Å². The number of unbranched alkanes of at least 4 members (excludes halogenated alkanes) is 2. The van der Waals surface area contributed by atoms with E-state index in [1.807, 2.05) is 18.2 Å². The zero-order chi connectivity index (χ0) is 14.1. The first kappa shape index (κ1) is 15.0. The molecule has 5 heteroatoms. The van der Waals surface area contributed by atoms with Crippen LogP contribution in [0.4, 0.5) is 0 Å². The number of benzene rings is 1. The van der Waals surface area contributed by atoms with Crippen molar-refractivity contribution in [2.75, 3.05) is 6.54 Å². The van der Waals surface area contributed by atoms with Crippen LogP contribution in [0, 0.1) is 0 Å². The average molecular weight is 263 g/mol. The highest BCUT2D eigenvalue weighted by molar-refractivity contribution is 6.07. The number of oxime groups is 1. The van der Waals surface area contributed by atoms with E-state index in [0.29, 0.717) is 12.1 Å². The number of amides is 1. The van der Waals surface area contributed by atoms with E-state index in [0.717, 1.165) is 19.3 Å². The van der Waals surface area contributed by atoms with Crippen LogP contribution in [0.1, 0.15) is 37.7 Å². The van der Waals surface area contributed by atoms with E-state index in [1.54, 1.807) is 12.1 Å². The number of hydrogen-bond acceptors (Lipinski definition) is 3. The molecule has 0 aliphatic heterocycles. The Bertz CT molecular complexity index is 418. The summed E-state index contributed by atoms with van der Waals surface area (Å²) in [5.74, 6) is -1.08. The van der Waals surface area contributed by atoms with Crippen molar-refractivity contribution in [3.8, 4) is 0 Å². The molecule has 0 saturated carbocycles. The summed E-state index contributed by atoms with van der Waals surface area (Å²) < 4.78 is 0. The largest absolute Gasteiger partial charge is 0.409 e. The minimum Gasteiger partial charge on any atom is -0.409 e. The van der Waals surface area contributed by atoms with Crippen LogP contribution in [0.5, 0.6) is 0 Å². The molecule has 104 valence electrons. The fraction of sp³-hybridized carbons (Fsp3) is 0.429. The number of hydrogen-bond donors (Lipinski definition) is 3. The molecular formula is C14H21N3O2. The van der Waals surface area contributed by atoms with Gasteiger partial charge >= 0.3 is 0 Å². The van der Waals surface area contributed by atoms with E-state index >= 15 is 0 Å². The molecule has 0 radical (unpaired) electrons. The second kappa shape index (κ2) is 8.13. The van der Waals surface area contributed by atoms with E-state index in [9.17, 15) is 4.79 Å². The molecule has 1 rings (SSSR count). The summed E-state index contributed by atoms with van der Waals surface area (Å²) in [7, 11) is 0. The topological polar surface area (TPSA) is 87.7 Å². The fourth-order valence-electron chi connectivity index (χ4n) is 1.85. The number of nitrogens with zero attached hydrogens (tertiary/aromatic N) is 1. The van der Waals surface area contributed by atoms with Crippen molar-refractivity contribution < 1.29 is 10.0 Å². The van der Waals surface area contributed by atoms with E-state index in [2.05, 4.69) is 17.4 Å². The first-order valence-electron chi connectivity index (χ1n) is 6.50. The van der Waals surface area contributed by atoms with Crippen molar-refractivity contribution in [3.05, 3.63) is 35.9 Å². The lowest BCUT2D eigenvalue weighted by Crippen LogP contribution is -2.37. The Balaban J connectivity index is 2.73. The van der Waals surface area contributed by atoms with Crippen molar-refractivity contribution in [2.45, 2.75) is 32.1 Å². The Labute approximate surface area is 113 Å². The maximum absolute atomic E-state index is 12.1. The van der Waals surface area contributed by atoms with Gasteiger partial charge in [-0.1, -0.05) is 55.3 Å².